The minimum absolute atomic E-state index is 0.278. The van der Waals surface area contributed by atoms with Gasteiger partial charge in [-0.2, -0.15) is 4.98 Å². The average Bonchev–Trinajstić information content (AvgIpc) is 2.83. The van der Waals surface area contributed by atoms with E-state index in [-0.39, 0.29) is 6.04 Å². The van der Waals surface area contributed by atoms with E-state index in [0.29, 0.717) is 5.95 Å². The fourth-order valence-corrected chi connectivity index (χ4v) is 3.40. The van der Waals surface area contributed by atoms with Crippen LogP contribution in [0.4, 0.5) is 11.8 Å². The molecule has 3 aromatic rings. The number of hydrogen-bond donors (Lipinski definition) is 2. The maximum atomic E-state index is 5.80. The Morgan fingerprint density at radius 1 is 1.19 bits per heavy atom. The second-order valence-electron chi connectivity index (χ2n) is 5.21. The van der Waals surface area contributed by atoms with Crippen molar-refractivity contribution in [3.8, 4) is 0 Å². The summed E-state index contributed by atoms with van der Waals surface area (Å²) < 4.78 is 0. The van der Waals surface area contributed by atoms with E-state index < -0.39 is 0 Å². The number of nitrogens with zero attached hydrogens (tertiary/aromatic N) is 2. The Labute approximate surface area is 128 Å². The molecule has 0 amide bonds. The SMILES string of the molecule is Cc1ccc(CC(C)Nc2nc(N)nc3ccccc23)s1. The van der Waals surface area contributed by atoms with Gasteiger partial charge in [-0.3, -0.25) is 0 Å². The van der Waals surface area contributed by atoms with Crippen molar-refractivity contribution in [3.05, 3.63) is 46.2 Å². The van der Waals surface area contributed by atoms with Crippen LogP contribution >= 0.6 is 11.3 Å². The Morgan fingerprint density at radius 2 is 2.00 bits per heavy atom. The maximum absolute atomic E-state index is 5.80. The first-order chi connectivity index (χ1) is 10.1. The van der Waals surface area contributed by atoms with Gasteiger partial charge in [0.05, 0.1) is 5.52 Å². The van der Waals surface area contributed by atoms with Crippen LogP contribution in [0.25, 0.3) is 10.9 Å². The fraction of sp³-hybridized carbons (Fsp3) is 0.250. The first-order valence-corrected chi connectivity index (χ1v) is 7.77. The molecule has 3 rings (SSSR count). The number of nitrogens with two attached hydrogens (primary N) is 1. The van der Waals surface area contributed by atoms with Crippen LogP contribution in [-0.4, -0.2) is 16.0 Å². The molecule has 3 N–H and O–H groups in total. The monoisotopic (exact) mass is 298 g/mol. The first kappa shape index (κ1) is 13.8. The number of benzene rings is 1. The van der Waals surface area contributed by atoms with Gasteiger partial charge in [0.1, 0.15) is 5.82 Å². The van der Waals surface area contributed by atoms with E-state index in [1.807, 2.05) is 35.6 Å². The standard InChI is InChI=1S/C16H18N4S/c1-10(9-12-8-7-11(2)21-12)18-15-13-5-3-4-6-14(13)19-16(17)20-15/h3-8,10H,9H2,1-2H3,(H3,17,18,19,20). The smallest absolute Gasteiger partial charge is 0.222 e. The van der Waals surface area contributed by atoms with Crippen LogP contribution in [0.5, 0.6) is 0 Å². The molecular formula is C16H18N4S. The topological polar surface area (TPSA) is 63.8 Å². The fourth-order valence-electron chi connectivity index (χ4n) is 2.39. The first-order valence-electron chi connectivity index (χ1n) is 6.96. The second-order valence-corrected chi connectivity index (χ2v) is 6.58. The molecule has 0 aliphatic rings. The number of anilines is 2. The molecule has 4 nitrogen and oxygen atoms in total. The molecule has 0 spiro atoms. The third-order valence-corrected chi connectivity index (χ3v) is 4.33. The number of hydrogen-bond acceptors (Lipinski definition) is 5. The van der Waals surface area contributed by atoms with Gasteiger partial charge in [0.2, 0.25) is 5.95 Å². The number of nitrogen functional groups attached to an aromatic ring is 1. The van der Waals surface area contributed by atoms with Gasteiger partial charge in [-0.05, 0) is 38.1 Å². The molecule has 0 aliphatic carbocycles. The number of para-hydroxylation sites is 1. The summed E-state index contributed by atoms with van der Waals surface area (Å²) >= 11 is 1.84. The van der Waals surface area contributed by atoms with Gasteiger partial charge in [0.25, 0.3) is 0 Å². The maximum Gasteiger partial charge on any atom is 0.222 e. The van der Waals surface area contributed by atoms with E-state index in [1.54, 1.807) is 0 Å². The third kappa shape index (κ3) is 3.13. The molecule has 0 aliphatic heterocycles. The number of fused-ring (bicyclic) bond motifs is 1. The summed E-state index contributed by atoms with van der Waals surface area (Å²) in [6, 6.07) is 12.5. The van der Waals surface area contributed by atoms with E-state index >= 15 is 0 Å². The van der Waals surface area contributed by atoms with Gasteiger partial charge in [0.15, 0.2) is 0 Å². The van der Waals surface area contributed by atoms with Crippen molar-refractivity contribution in [2.75, 3.05) is 11.1 Å². The number of rotatable bonds is 4. The molecule has 0 saturated heterocycles. The summed E-state index contributed by atoms with van der Waals surface area (Å²) in [5, 5.41) is 4.46. The lowest BCUT2D eigenvalue weighted by atomic mass is 10.2. The molecule has 2 heterocycles. The summed E-state index contributed by atoms with van der Waals surface area (Å²) in [7, 11) is 0. The van der Waals surface area contributed by atoms with Gasteiger partial charge >= 0.3 is 0 Å². The predicted octanol–water partition coefficient (Wildman–Crippen LogP) is 3.63. The van der Waals surface area contributed by atoms with Crippen molar-refractivity contribution in [2.45, 2.75) is 26.3 Å². The van der Waals surface area contributed by atoms with Crippen molar-refractivity contribution < 1.29 is 0 Å². The number of nitrogens with one attached hydrogen (secondary N) is 1. The predicted molar refractivity (Wildman–Crippen MR) is 89.8 cm³/mol. The molecule has 0 saturated carbocycles. The second kappa shape index (κ2) is 5.69. The normalized spacial score (nSPS) is 12.5. The molecule has 0 fully saturated rings. The van der Waals surface area contributed by atoms with Crippen molar-refractivity contribution in [2.24, 2.45) is 0 Å². The van der Waals surface area contributed by atoms with E-state index in [1.165, 1.54) is 9.75 Å². The third-order valence-electron chi connectivity index (χ3n) is 3.31. The van der Waals surface area contributed by atoms with Gasteiger partial charge in [-0.15, -0.1) is 11.3 Å². The average molecular weight is 298 g/mol. The van der Waals surface area contributed by atoms with Gasteiger partial charge in [-0.25, -0.2) is 4.98 Å². The van der Waals surface area contributed by atoms with Gasteiger partial charge in [-0.1, -0.05) is 12.1 Å². The Hall–Kier alpha value is -2.14. The number of aromatic nitrogens is 2. The van der Waals surface area contributed by atoms with E-state index in [9.17, 15) is 0 Å². The summed E-state index contributed by atoms with van der Waals surface area (Å²) in [5.41, 5.74) is 6.66. The zero-order valence-electron chi connectivity index (χ0n) is 12.1. The van der Waals surface area contributed by atoms with E-state index in [2.05, 4.69) is 41.3 Å². The number of aryl methyl sites for hydroxylation is 1. The molecule has 108 valence electrons. The zero-order chi connectivity index (χ0) is 14.8. The number of thiophene rings is 1. The van der Waals surface area contributed by atoms with Crippen LogP contribution in [0.1, 0.15) is 16.7 Å². The minimum atomic E-state index is 0.278. The molecule has 21 heavy (non-hydrogen) atoms. The molecule has 2 aromatic heterocycles. The van der Waals surface area contributed by atoms with Crippen LogP contribution in [-0.2, 0) is 6.42 Å². The Balaban J connectivity index is 1.84. The largest absolute Gasteiger partial charge is 0.368 e. The highest BCUT2D eigenvalue weighted by Gasteiger charge is 2.10. The Kier molecular flexibility index (Phi) is 3.75. The molecule has 0 bridgehead atoms. The highest BCUT2D eigenvalue weighted by molar-refractivity contribution is 7.11. The van der Waals surface area contributed by atoms with Crippen molar-refractivity contribution in [1.82, 2.24) is 9.97 Å². The van der Waals surface area contributed by atoms with Crippen LogP contribution in [0.2, 0.25) is 0 Å². The Morgan fingerprint density at radius 3 is 2.76 bits per heavy atom. The van der Waals surface area contributed by atoms with Crippen LogP contribution < -0.4 is 11.1 Å². The van der Waals surface area contributed by atoms with Crippen LogP contribution in [0.15, 0.2) is 36.4 Å². The quantitative estimate of drug-likeness (QED) is 0.772. The summed E-state index contributed by atoms with van der Waals surface area (Å²) in [5.74, 6) is 1.11. The summed E-state index contributed by atoms with van der Waals surface area (Å²) in [6.45, 7) is 4.28. The highest BCUT2D eigenvalue weighted by Crippen LogP contribution is 2.23. The van der Waals surface area contributed by atoms with Gasteiger partial charge in [0, 0.05) is 27.6 Å². The summed E-state index contributed by atoms with van der Waals surface area (Å²) in [6.07, 6.45) is 0.969. The van der Waals surface area contributed by atoms with E-state index in [0.717, 1.165) is 23.1 Å². The van der Waals surface area contributed by atoms with Crippen molar-refractivity contribution >= 4 is 34.0 Å². The minimum Gasteiger partial charge on any atom is -0.368 e. The summed E-state index contributed by atoms with van der Waals surface area (Å²) in [4.78, 5) is 11.3. The van der Waals surface area contributed by atoms with Crippen LogP contribution in [0.3, 0.4) is 0 Å². The van der Waals surface area contributed by atoms with Crippen molar-refractivity contribution in [1.29, 1.82) is 0 Å². The van der Waals surface area contributed by atoms with Crippen molar-refractivity contribution in [3.63, 3.8) is 0 Å². The van der Waals surface area contributed by atoms with Gasteiger partial charge < -0.3 is 11.1 Å². The Bertz CT molecular complexity index is 766. The molecule has 0 radical (unpaired) electrons. The molecule has 5 heteroatoms. The lowest BCUT2D eigenvalue weighted by molar-refractivity contribution is 0.796. The molecule has 1 unspecified atom stereocenters. The molecule has 1 atom stereocenters. The van der Waals surface area contributed by atoms with E-state index in [4.69, 9.17) is 5.73 Å². The lowest BCUT2D eigenvalue weighted by Crippen LogP contribution is -2.19. The molecular weight excluding hydrogens is 280 g/mol. The lowest BCUT2D eigenvalue weighted by Gasteiger charge is -2.15. The van der Waals surface area contributed by atoms with Crippen LogP contribution in [0, 0.1) is 6.92 Å². The molecule has 1 aromatic carbocycles. The highest BCUT2D eigenvalue weighted by atomic mass is 32.1. The zero-order valence-corrected chi connectivity index (χ0v) is 12.9.